The zero-order valence-corrected chi connectivity index (χ0v) is 11.6. The van der Waals surface area contributed by atoms with Gasteiger partial charge in [-0.25, -0.2) is 0 Å². The van der Waals surface area contributed by atoms with Crippen LogP contribution in [0.25, 0.3) is 0 Å². The molecule has 0 unspecified atom stereocenters. The summed E-state index contributed by atoms with van der Waals surface area (Å²) in [4.78, 5) is 22.5. The van der Waals surface area contributed by atoms with Crippen LogP contribution in [0.3, 0.4) is 0 Å². The van der Waals surface area contributed by atoms with Crippen molar-refractivity contribution in [2.75, 3.05) is 19.0 Å². The van der Waals surface area contributed by atoms with Crippen LogP contribution in [0.4, 0.5) is 5.69 Å². The molecule has 19 heavy (non-hydrogen) atoms. The van der Waals surface area contributed by atoms with Gasteiger partial charge in [-0.3, -0.25) is 9.59 Å². The molecule has 0 aliphatic heterocycles. The number of nitrogens with one attached hydrogen (secondary N) is 1. The summed E-state index contributed by atoms with van der Waals surface area (Å²) in [7, 11) is 1.28. The van der Waals surface area contributed by atoms with E-state index in [2.05, 4.69) is 10.1 Å². The Labute approximate surface area is 116 Å². The maximum absolute atomic E-state index is 11.6. The number of rotatable bonds is 6. The van der Waals surface area contributed by atoms with Gasteiger partial charge in [0.1, 0.15) is 5.75 Å². The number of ether oxygens (including phenoxy) is 2. The maximum Gasteiger partial charge on any atom is 0.306 e. The standard InChI is InChI=1S/C13H16ClNO4/c1-3-19-11-5-4-9(8-10(11)14)15-12(16)6-7-13(17)18-2/h4-5,8H,3,6-7H2,1-2H3,(H,15,16). The molecule has 0 saturated heterocycles. The van der Waals surface area contributed by atoms with E-state index in [0.29, 0.717) is 23.1 Å². The van der Waals surface area contributed by atoms with Crippen molar-refractivity contribution < 1.29 is 19.1 Å². The highest BCUT2D eigenvalue weighted by atomic mass is 35.5. The number of halogens is 1. The molecule has 0 bridgehead atoms. The van der Waals surface area contributed by atoms with Gasteiger partial charge in [0, 0.05) is 12.1 Å². The molecule has 1 aromatic carbocycles. The Morgan fingerprint density at radius 3 is 2.63 bits per heavy atom. The van der Waals surface area contributed by atoms with Gasteiger partial charge >= 0.3 is 5.97 Å². The summed E-state index contributed by atoms with van der Waals surface area (Å²) >= 11 is 5.99. The SMILES string of the molecule is CCOc1ccc(NC(=O)CCC(=O)OC)cc1Cl. The fourth-order valence-electron chi connectivity index (χ4n) is 1.39. The topological polar surface area (TPSA) is 64.6 Å². The van der Waals surface area contributed by atoms with Crippen molar-refractivity contribution in [3.63, 3.8) is 0 Å². The third-order valence-corrected chi connectivity index (χ3v) is 2.59. The molecule has 0 heterocycles. The summed E-state index contributed by atoms with van der Waals surface area (Å²) in [5, 5.41) is 3.07. The van der Waals surface area contributed by atoms with Gasteiger partial charge in [-0.05, 0) is 25.1 Å². The van der Waals surface area contributed by atoms with E-state index in [9.17, 15) is 9.59 Å². The maximum atomic E-state index is 11.6. The lowest BCUT2D eigenvalue weighted by Crippen LogP contribution is -2.13. The average Bonchev–Trinajstić information content (AvgIpc) is 2.39. The second kappa shape index (κ2) is 7.63. The molecule has 0 atom stereocenters. The third kappa shape index (κ3) is 5.18. The van der Waals surface area contributed by atoms with Gasteiger partial charge < -0.3 is 14.8 Å². The quantitative estimate of drug-likeness (QED) is 0.816. The first-order chi connectivity index (χ1) is 9.06. The summed E-state index contributed by atoms with van der Waals surface area (Å²) in [5.41, 5.74) is 0.559. The van der Waals surface area contributed by atoms with E-state index in [1.165, 1.54) is 7.11 Å². The molecule has 0 radical (unpaired) electrons. The fourth-order valence-corrected chi connectivity index (χ4v) is 1.63. The molecule has 0 fully saturated rings. The number of hydrogen-bond acceptors (Lipinski definition) is 4. The number of hydrogen-bond donors (Lipinski definition) is 1. The fraction of sp³-hybridized carbons (Fsp3) is 0.385. The summed E-state index contributed by atoms with van der Waals surface area (Å²) in [5.74, 6) is -0.123. The first-order valence-corrected chi connectivity index (χ1v) is 6.23. The van der Waals surface area contributed by atoms with Crippen LogP contribution >= 0.6 is 11.6 Å². The van der Waals surface area contributed by atoms with Crippen LogP contribution in [0.5, 0.6) is 5.75 Å². The number of carbonyl (C=O) groups excluding carboxylic acids is 2. The zero-order chi connectivity index (χ0) is 14.3. The molecular weight excluding hydrogens is 270 g/mol. The van der Waals surface area contributed by atoms with Crippen molar-refractivity contribution in [2.45, 2.75) is 19.8 Å². The number of benzene rings is 1. The highest BCUT2D eigenvalue weighted by Crippen LogP contribution is 2.27. The molecule has 0 saturated carbocycles. The largest absolute Gasteiger partial charge is 0.492 e. The summed E-state index contributed by atoms with van der Waals surface area (Å²) in [6, 6.07) is 4.97. The van der Waals surface area contributed by atoms with E-state index < -0.39 is 5.97 Å². The molecule has 5 nitrogen and oxygen atoms in total. The molecule has 0 aromatic heterocycles. The first-order valence-electron chi connectivity index (χ1n) is 5.85. The van der Waals surface area contributed by atoms with Crippen LogP contribution < -0.4 is 10.1 Å². The van der Waals surface area contributed by atoms with Crippen LogP contribution in [-0.4, -0.2) is 25.6 Å². The van der Waals surface area contributed by atoms with Crippen LogP contribution in [0.15, 0.2) is 18.2 Å². The van der Waals surface area contributed by atoms with Crippen LogP contribution in [0, 0.1) is 0 Å². The van der Waals surface area contributed by atoms with E-state index in [0.717, 1.165) is 0 Å². The van der Waals surface area contributed by atoms with Crippen molar-refractivity contribution >= 4 is 29.2 Å². The van der Waals surface area contributed by atoms with E-state index >= 15 is 0 Å². The number of esters is 1. The molecule has 1 rings (SSSR count). The lowest BCUT2D eigenvalue weighted by Gasteiger charge is -2.09. The van der Waals surface area contributed by atoms with E-state index in [1.54, 1.807) is 18.2 Å². The lowest BCUT2D eigenvalue weighted by atomic mass is 10.2. The van der Waals surface area contributed by atoms with Gasteiger partial charge in [0.05, 0.1) is 25.2 Å². The monoisotopic (exact) mass is 285 g/mol. The van der Waals surface area contributed by atoms with E-state index in [-0.39, 0.29) is 18.7 Å². The zero-order valence-electron chi connectivity index (χ0n) is 10.9. The van der Waals surface area contributed by atoms with Gasteiger partial charge in [-0.1, -0.05) is 11.6 Å². The summed E-state index contributed by atoms with van der Waals surface area (Å²) in [6.07, 6.45) is 0.116. The highest BCUT2D eigenvalue weighted by molar-refractivity contribution is 6.32. The minimum absolute atomic E-state index is 0.0487. The Morgan fingerprint density at radius 1 is 1.32 bits per heavy atom. The average molecular weight is 286 g/mol. The van der Waals surface area contributed by atoms with Gasteiger partial charge in [0.2, 0.25) is 5.91 Å². The Balaban J connectivity index is 2.55. The van der Waals surface area contributed by atoms with Gasteiger partial charge in [-0.2, -0.15) is 0 Å². The van der Waals surface area contributed by atoms with E-state index in [4.69, 9.17) is 16.3 Å². The number of methoxy groups -OCH3 is 1. The van der Waals surface area contributed by atoms with Crippen molar-refractivity contribution in [3.05, 3.63) is 23.2 Å². The molecule has 0 aliphatic carbocycles. The second-order valence-corrected chi connectivity index (χ2v) is 4.11. The summed E-state index contributed by atoms with van der Waals surface area (Å²) < 4.78 is 9.74. The van der Waals surface area contributed by atoms with Crippen LogP contribution in [0.1, 0.15) is 19.8 Å². The molecule has 1 N–H and O–H groups in total. The van der Waals surface area contributed by atoms with Crippen molar-refractivity contribution in [1.82, 2.24) is 0 Å². The van der Waals surface area contributed by atoms with Gasteiger partial charge in [0.15, 0.2) is 0 Å². The van der Waals surface area contributed by atoms with Crippen molar-refractivity contribution in [1.29, 1.82) is 0 Å². The van der Waals surface area contributed by atoms with Crippen LogP contribution in [0.2, 0.25) is 5.02 Å². The van der Waals surface area contributed by atoms with Crippen molar-refractivity contribution in [3.8, 4) is 5.75 Å². The molecule has 6 heteroatoms. The number of anilines is 1. The minimum Gasteiger partial charge on any atom is -0.492 e. The second-order valence-electron chi connectivity index (χ2n) is 3.70. The highest BCUT2D eigenvalue weighted by Gasteiger charge is 2.08. The lowest BCUT2D eigenvalue weighted by molar-refractivity contribution is -0.141. The normalized spacial score (nSPS) is 9.84. The molecular formula is C13H16ClNO4. The minimum atomic E-state index is -0.417. The van der Waals surface area contributed by atoms with Crippen molar-refractivity contribution in [2.24, 2.45) is 0 Å². The van der Waals surface area contributed by atoms with Gasteiger partial charge in [0.25, 0.3) is 0 Å². The Hall–Kier alpha value is -1.75. The predicted molar refractivity (Wildman–Crippen MR) is 72.5 cm³/mol. The predicted octanol–water partition coefficient (Wildman–Crippen LogP) is 2.63. The van der Waals surface area contributed by atoms with Gasteiger partial charge in [-0.15, -0.1) is 0 Å². The number of amides is 1. The Morgan fingerprint density at radius 2 is 2.05 bits per heavy atom. The van der Waals surface area contributed by atoms with Crippen LogP contribution in [-0.2, 0) is 14.3 Å². The molecule has 0 spiro atoms. The molecule has 1 amide bonds. The Bertz CT molecular complexity index is 462. The molecule has 1 aromatic rings. The Kier molecular flexibility index (Phi) is 6.15. The molecule has 104 valence electrons. The summed E-state index contributed by atoms with van der Waals surface area (Å²) in [6.45, 7) is 2.38. The molecule has 0 aliphatic rings. The van der Waals surface area contributed by atoms with E-state index in [1.807, 2.05) is 6.92 Å². The third-order valence-electron chi connectivity index (χ3n) is 2.30. The smallest absolute Gasteiger partial charge is 0.306 e. The first kappa shape index (κ1) is 15.3. The number of carbonyl (C=O) groups is 2.